The highest BCUT2D eigenvalue weighted by atomic mass is 79.9. The van der Waals surface area contributed by atoms with E-state index in [1.165, 1.54) is 0 Å². The molecule has 0 spiro atoms. The largest absolute Gasteiger partial charge is 0.326 e. The molecule has 0 radical (unpaired) electrons. The standard InChI is InChI=1S/C16H19BrN2O2/c1-10(2)13-9-16(21)19-14-8-11(5-6-12(13)14)18-15(20)4-3-7-17/h5-6,8-10H,3-4,7H2,1-2H3,(H,18,20)(H,19,21). The fourth-order valence-corrected chi connectivity index (χ4v) is 2.57. The van der Waals surface area contributed by atoms with E-state index in [0.29, 0.717) is 12.1 Å². The molecule has 2 rings (SSSR count). The Morgan fingerprint density at radius 2 is 2.10 bits per heavy atom. The van der Waals surface area contributed by atoms with Gasteiger partial charge in [0.1, 0.15) is 0 Å². The Morgan fingerprint density at radius 3 is 2.76 bits per heavy atom. The number of carbonyl (C=O) groups excluding carboxylic acids is 1. The Kier molecular flexibility index (Phi) is 5.17. The van der Waals surface area contributed by atoms with Crippen LogP contribution in [0.15, 0.2) is 29.1 Å². The van der Waals surface area contributed by atoms with Crippen molar-refractivity contribution in [1.29, 1.82) is 0 Å². The lowest BCUT2D eigenvalue weighted by Crippen LogP contribution is -2.12. The highest BCUT2D eigenvalue weighted by Gasteiger charge is 2.09. The van der Waals surface area contributed by atoms with E-state index in [4.69, 9.17) is 0 Å². The van der Waals surface area contributed by atoms with Crippen LogP contribution in [0.5, 0.6) is 0 Å². The van der Waals surface area contributed by atoms with Crippen LogP contribution in [-0.4, -0.2) is 16.2 Å². The number of nitrogens with one attached hydrogen (secondary N) is 2. The molecule has 5 heteroatoms. The highest BCUT2D eigenvalue weighted by molar-refractivity contribution is 9.09. The third kappa shape index (κ3) is 3.94. The van der Waals surface area contributed by atoms with Gasteiger partial charge in [0.2, 0.25) is 11.5 Å². The lowest BCUT2D eigenvalue weighted by atomic mass is 9.99. The Hall–Kier alpha value is -1.62. The average Bonchev–Trinajstić information content (AvgIpc) is 2.43. The lowest BCUT2D eigenvalue weighted by Gasteiger charge is -2.11. The van der Waals surface area contributed by atoms with Crippen molar-refractivity contribution < 1.29 is 4.79 Å². The normalized spacial score (nSPS) is 11.0. The van der Waals surface area contributed by atoms with Gasteiger partial charge in [-0.05, 0) is 30.0 Å². The van der Waals surface area contributed by atoms with E-state index in [9.17, 15) is 9.59 Å². The Bertz CT molecular complexity index is 707. The molecule has 0 atom stereocenters. The van der Waals surface area contributed by atoms with E-state index in [1.807, 2.05) is 18.2 Å². The van der Waals surface area contributed by atoms with Gasteiger partial charge in [-0.15, -0.1) is 0 Å². The first-order valence-electron chi connectivity index (χ1n) is 7.04. The summed E-state index contributed by atoms with van der Waals surface area (Å²) in [5.74, 6) is 0.255. The number of carbonyl (C=O) groups is 1. The summed E-state index contributed by atoms with van der Waals surface area (Å²) < 4.78 is 0. The maximum absolute atomic E-state index is 11.7. The Labute approximate surface area is 132 Å². The summed E-state index contributed by atoms with van der Waals surface area (Å²) in [6.45, 7) is 4.12. The van der Waals surface area contributed by atoms with E-state index >= 15 is 0 Å². The molecule has 0 saturated carbocycles. The molecule has 21 heavy (non-hydrogen) atoms. The highest BCUT2D eigenvalue weighted by Crippen LogP contribution is 2.24. The SMILES string of the molecule is CC(C)c1cc(=O)[nH]c2cc(NC(=O)CCCBr)ccc12. The van der Waals surface area contributed by atoms with Gasteiger partial charge < -0.3 is 10.3 Å². The topological polar surface area (TPSA) is 62.0 Å². The zero-order chi connectivity index (χ0) is 15.4. The predicted octanol–water partition coefficient (Wildman–Crippen LogP) is 3.77. The first kappa shape index (κ1) is 15.8. The number of hydrogen-bond acceptors (Lipinski definition) is 2. The fourth-order valence-electron chi connectivity index (χ4n) is 2.29. The van der Waals surface area contributed by atoms with Crippen LogP contribution >= 0.6 is 15.9 Å². The van der Waals surface area contributed by atoms with Gasteiger partial charge in [-0.1, -0.05) is 35.8 Å². The van der Waals surface area contributed by atoms with Crippen molar-refractivity contribution in [2.24, 2.45) is 0 Å². The predicted molar refractivity (Wildman–Crippen MR) is 90.3 cm³/mol. The quantitative estimate of drug-likeness (QED) is 0.806. The van der Waals surface area contributed by atoms with Gasteiger partial charge in [-0.3, -0.25) is 9.59 Å². The molecule has 0 saturated heterocycles. The molecule has 1 heterocycles. The molecule has 0 aliphatic rings. The van der Waals surface area contributed by atoms with Crippen molar-refractivity contribution >= 4 is 38.4 Å². The summed E-state index contributed by atoms with van der Waals surface area (Å²) in [5, 5.41) is 4.68. The smallest absolute Gasteiger partial charge is 0.248 e. The third-order valence-corrected chi connectivity index (χ3v) is 3.88. The monoisotopic (exact) mass is 350 g/mol. The zero-order valence-corrected chi connectivity index (χ0v) is 13.8. The van der Waals surface area contributed by atoms with E-state index in [-0.39, 0.29) is 17.4 Å². The van der Waals surface area contributed by atoms with Crippen LogP contribution in [0.2, 0.25) is 0 Å². The van der Waals surface area contributed by atoms with Gasteiger partial charge in [-0.2, -0.15) is 0 Å². The van der Waals surface area contributed by atoms with E-state index in [2.05, 4.69) is 40.1 Å². The number of H-pyrrole nitrogens is 1. The number of rotatable bonds is 5. The third-order valence-electron chi connectivity index (χ3n) is 3.32. The van der Waals surface area contributed by atoms with Gasteiger partial charge >= 0.3 is 0 Å². The molecule has 2 N–H and O–H groups in total. The summed E-state index contributed by atoms with van der Waals surface area (Å²) in [4.78, 5) is 26.3. The molecule has 4 nitrogen and oxygen atoms in total. The number of benzene rings is 1. The summed E-state index contributed by atoms with van der Waals surface area (Å²) in [6, 6.07) is 7.27. The van der Waals surface area contributed by atoms with Crippen molar-refractivity contribution in [3.05, 3.63) is 40.2 Å². The molecular weight excluding hydrogens is 332 g/mol. The van der Waals surface area contributed by atoms with Crippen LogP contribution in [0, 0.1) is 0 Å². The summed E-state index contributed by atoms with van der Waals surface area (Å²) >= 11 is 3.31. The number of amides is 1. The molecular formula is C16H19BrN2O2. The number of aromatic nitrogens is 1. The molecule has 2 aromatic rings. The van der Waals surface area contributed by atoms with Crippen LogP contribution in [0.25, 0.3) is 10.9 Å². The van der Waals surface area contributed by atoms with Crippen molar-refractivity contribution in [1.82, 2.24) is 4.98 Å². The Balaban J connectivity index is 2.34. The molecule has 0 bridgehead atoms. The minimum atomic E-state index is -0.117. The number of anilines is 1. The second-order valence-electron chi connectivity index (χ2n) is 5.34. The maximum atomic E-state index is 11.7. The second-order valence-corrected chi connectivity index (χ2v) is 6.14. The van der Waals surface area contributed by atoms with Crippen LogP contribution in [-0.2, 0) is 4.79 Å². The lowest BCUT2D eigenvalue weighted by molar-refractivity contribution is -0.116. The first-order chi connectivity index (χ1) is 10.0. The zero-order valence-electron chi connectivity index (χ0n) is 12.2. The van der Waals surface area contributed by atoms with Gasteiger partial charge in [0.25, 0.3) is 0 Å². The molecule has 0 aliphatic carbocycles. The molecule has 112 valence electrons. The van der Waals surface area contributed by atoms with Gasteiger partial charge in [-0.25, -0.2) is 0 Å². The summed E-state index contributed by atoms with van der Waals surface area (Å²) in [6.07, 6.45) is 1.28. The van der Waals surface area contributed by atoms with Crippen LogP contribution in [0.3, 0.4) is 0 Å². The number of halogens is 1. The number of alkyl halides is 1. The minimum Gasteiger partial charge on any atom is -0.326 e. The van der Waals surface area contributed by atoms with Crippen LogP contribution < -0.4 is 10.9 Å². The Morgan fingerprint density at radius 1 is 1.33 bits per heavy atom. The molecule has 0 fully saturated rings. The number of aromatic amines is 1. The van der Waals surface area contributed by atoms with Gasteiger partial charge in [0.05, 0.1) is 5.52 Å². The summed E-state index contributed by atoms with van der Waals surface area (Å²) in [7, 11) is 0. The van der Waals surface area contributed by atoms with Gasteiger partial charge in [0.15, 0.2) is 0 Å². The van der Waals surface area contributed by atoms with Crippen molar-refractivity contribution in [2.45, 2.75) is 32.6 Å². The summed E-state index contributed by atoms with van der Waals surface area (Å²) in [5.41, 5.74) is 2.36. The molecule has 1 amide bonds. The van der Waals surface area contributed by atoms with Gasteiger partial charge in [0, 0.05) is 28.9 Å². The minimum absolute atomic E-state index is 0.0174. The number of fused-ring (bicyclic) bond motifs is 1. The molecule has 0 unspecified atom stereocenters. The van der Waals surface area contributed by atoms with E-state index < -0.39 is 0 Å². The van der Waals surface area contributed by atoms with E-state index in [1.54, 1.807) is 6.07 Å². The van der Waals surface area contributed by atoms with Crippen LogP contribution in [0.1, 0.15) is 38.2 Å². The van der Waals surface area contributed by atoms with Crippen LogP contribution in [0.4, 0.5) is 5.69 Å². The fraction of sp³-hybridized carbons (Fsp3) is 0.375. The maximum Gasteiger partial charge on any atom is 0.248 e. The van der Waals surface area contributed by atoms with Crippen molar-refractivity contribution in [2.75, 3.05) is 10.6 Å². The second kappa shape index (κ2) is 6.89. The molecule has 1 aromatic carbocycles. The number of pyridine rings is 1. The average molecular weight is 351 g/mol. The molecule has 0 aliphatic heterocycles. The first-order valence-corrected chi connectivity index (χ1v) is 8.16. The molecule has 1 aromatic heterocycles. The van der Waals surface area contributed by atoms with Crippen molar-refractivity contribution in [3.8, 4) is 0 Å². The van der Waals surface area contributed by atoms with Crippen molar-refractivity contribution in [3.63, 3.8) is 0 Å². The number of hydrogen-bond donors (Lipinski definition) is 2. The van der Waals surface area contributed by atoms with E-state index in [0.717, 1.165) is 28.2 Å².